The second-order valence-corrected chi connectivity index (χ2v) is 10.1. The van der Waals surface area contributed by atoms with Crippen molar-refractivity contribution in [3.8, 4) is 0 Å². The zero-order chi connectivity index (χ0) is 32.4. The Morgan fingerprint density at radius 1 is 0.929 bits per heavy atom. The minimum atomic E-state index is -5.56. The molecule has 0 aliphatic rings. The van der Waals surface area contributed by atoms with E-state index < -0.39 is 92.8 Å². The Bertz CT molecular complexity index is 1310. The standard InChI is InChI=1S/C24H16ClF14NOS/c1-10(8-42-9-21(28,29)30)40-20(41)13-3-2-11(4-15(13)23(34,35)36)17(26)7-14(22(31,32)33)12-5-16(24(37,38)39)19(25)18(27)6-12/h2-7,10,14H,8-9H2,1H3,(H,40,41)/b17-7-. The van der Waals surface area contributed by atoms with Crippen molar-refractivity contribution in [1.82, 2.24) is 5.32 Å². The van der Waals surface area contributed by atoms with E-state index in [-0.39, 0.29) is 30.0 Å². The molecule has 0 bridgehead atoms. The van der Waals surface area contributed by atoms with Crippen LogP contribution in [0.3, 0.4) is 0 Å². The SMILES string of the molecule is CC(CSCC(F)(F)F)NC(=O)c1ccc(/C(F)=C/C(c2cc(F)c(Cl)c(C(F)(F)F)c2)C(F)(F)F)cc1C(F)(F)F. The number of carbonyl (C=O) groups is 1. The van der Waals surface area contributed by atoms with Crippen molar-refractivity contribution in [1.29, 1.82) is 0 Å². The van der Waals surface area contributed by atoms with Gasteiger partial charge in [0, 0.05) is 17.4 Å². The molecule has 0 aliphatic carbocycles. The molecule has 1 N–H and O–H groups in total. The van der Waals surface area contributed by atoms with Crippen LogP contribution < -0.4 is 5.32 Å². The van der Waals surface area contributed by atoms with Crippen molar-refractivity contribution in [2.24, 2.45) is 0 Å². The van der Waals surface area contributed by atoms with Crippen LogP contribution in [0, 0.1) is 5.82 Å². The van der Waals surface area contributed by atoms with Crippen molar-refractivity contribution in [3.05, 3.63) is 75.1 Å². The van der Waals surface area contributed by atoms with Crippen LogP contribution in [0.5, 0.6) is 0 Å². The lowest BCUT2D eigenvalue weighted by Gasteiger charge is -2.20. The molecule has 0 fully saturated rings. The van der Waals surface area contributed by atoms with Crippen LogP contribution in [-0.4, -0.2) is 35.8 Å². The number of carbonyl (C=O) groups excluding carboxylic acids is 1. The summed E-state index contributed by atoms with van der Waals surface area (Å²) in [7, 11) is 0. The highest BCUT2D eigenvalue weighted by molar-refractivity contribution is 7.99. The molecule has 0 radical (unpaired) electrons. The van der Waals surface area contributed by atoms with Gasteiger partial charge in [-0.3, -0.25) is 4.79 Å². The molecule has 2 aromatic carbocycles. The zero-order valence-corrected chi connectivity index (χ0v) is 22.1. The first kappa shape index (κ1) is 35.5. The quantitative estimate of drug-likeness (QED) is 0.284. The number of hydrogen-bond donors (Lipinski definition) is 1. The molecule has 0 aliphatic heterocycles. The fourth-order valence-electron chi connectivity index (χ4n) is 3.44. The summed E-state index contributed by atoms with van der Waals surface area (Å²) in [5, 5.41) is 0.461. The minimum Gasteiger partial charge on any atom is -0.349 e. The smallest absolute Gasteiger partial charge is 0.349 e. The molecule has 0 saturated heterocycles. The number of allylic oxidation sites excluding steroid dienone is 1. The van der Waals surface area contributed by atoms with E-state index in [9.17, 15) is 66.3 Å². The second-order valence-electron chi connectivity index (χ2n) is 8.66. The predicted molar refractivity (Wildman–Crippen MR) is 126 cm³/mol. The minimum absolute atomic E-state index is 0.0394. The second kappa shape index (κ2) is 12.9. The maximum absolute atomic E-state index is 14.9. The van der Waals surface area contributed by atoms with Gasteiger partial charge in [0.25, 0.3) is 5.91 Å². The predicted octanol–water partition coefficient (Wildman–Crippen LogP) is 9.59. The van der Waals surface area contributed by atoms with Crippen LogP contribution in [0.25, 0.3) is 5.83 Å². The van der Waals surface area contributed by atoms with Crippen LogP contribution in [0.1, 0.15) is 45.5 Å². The molecule has 42 heavy (non-hydrogen) atoms. The van der Waals surface area contributed by atoms with Crippen LogP contribution in [0.15, 0.2) is 36.4 Å². The Balaban J connectivity index is 2.49. The molecular weight excluding hydrogens is 652 g/mol. The van der Waals surface area contributed by atoms with Gasteiger partial charge >= 0.3 is 24.7 Å². The summed E-state index contributed by atoms with van der Waals surface area (Å²) in [4.78, 5) is 12.4. The van der Waals surface area contributed by atoms with Gasteiger partial charge in [-0.15, -0.1) is 0 Å². The Hall–Kier alpha value is -2.69. The number of nitrogens with one attached hydrogen (secondary N) is 1. The summed E-state index contributed by atoms with van der Waals surface area (Å²) in [6.07, 6.45) is -21.3. The van der Waals surface area contributed by atoms with Crippen LogP contribution in [0.4, 0.5) is 61.5 Å². The summed E-state index contributed by atoms with van der Waals surface area (Å²) >= 11 is 5.52. The summed E-state index contributed by atoms with van der Waals surface area (Å²) in [6, 6.07) is -0.478. The van der Waals surface area contributed by atoms with E-state index in [0.29, 0.717) is 23.9 Å². The van der Waals surface area contributed by atoms with Gasteiger partial charge in [0.1, 0.15) is 17.6 Å². The van der Waals surface area contributed by atoms with Gasteiger partial charge in [0.05, 0.1) is 27.5 Å². The first-order valence-electron chi connectivity index (χ1n) is 11.1. The van der Waals surface area contributed by atoms with Crippen molar-refractivity contribution >= 4 is 35.1 Å². The largest absolute Gasteiger partial charge is 0.417 e. The average Bonchev–Trinajstić information content (AvgIpc) is 2.80. The van der Waals surface area contributed by atoms with E-state index in [4.69, 9.17) is 11.6 Å². The fraction of sp³-hybridized carbons (Fsp3) is 0.375. The molecule has 234 valence electrons. The first-order chi connectivity index (χ1) is 18.9. The van der Waals surface area contributed by atoms with Gasteiger partial charge in [-0.25, -0.2) is 8.78 Å². The highest BCUT2D eigenvalue weighted by atomic mass is 35.5. The molecule has 0 heterocycles. The lowest BCUT2D eigenvalue weighted by Crippen LogP contribution is -2.35. The van der Waals surface area contributed by atoms with Crippen molar-refractivity contribution in [2.45, 2.75) is 43.6 Å². The monoisotopic (exact) mass is 667 g/mol. The maximum atomic E-state index is 14.9. The molecule has 0 aromatic heterocycles. The van der Waals surface area contributed by atoms with E-state index in [2.05, 4.69) is 0 Å². The number of thioether (sulfide) groups is 1. The normalized spacial score (nSPS) is 15.0. The average molecular weight is 668 g/mol. The van der Waals surface area contributed by atoms with Crippen LogP contribution >= 0.6 is 23.4 Å². The number of hydrogen-bond acceptors (Lipinski definition) is 2. The third kappa shape index (κ3) is 9.67. The summed E-state index contributed by atoms with van der Waals surface area (Å²) in [6.45, 7) is 1.19. The van der Waals surface area contributed by atoms with E-state index in [0.717, 1.165) is 0 Å². The maximum Gasteiger partial charge on any atom is 0.417 e. The lowest BCUT2D eigenvalue weighted by atomic mass is 9.94. The number of benzene rings is 2. The van der Waals surface area contributed by atoms with Crippen LogP contribution in [-0.2, 0) is 12.4 Å². The molecule has 0 saturated carbocycles. The number of amides is 1. The number of rotatable bonds is 8. The molecule has 2 aromatic rings. The van der Waals surface area contributed by atoms with Gasteiger partial charge in [-0.05, 0) is 42.8 Å². The van der Waals surface area contributed by atoms with E-state index >= 15 is 0 Å². The molecule has 0 spiro atoms. The van der Waals surface area contributed by atoms with Gasteiger partial charge in [-0.2, -0.15) is 64.4 Å². The number of alkyl halides is 12. The Morgan fingerprint density at radius 3 is 2.00 bits per heavy atom. The van der Waals surface area contributed by atoms with Gasteiger partial charge in [0.15, 0.2) is 0 Å². The lowest BCUT2D eigenvalue weighted by molar-refractivity contribution is -0.142. The Morgan fingerprint density at radius 2 is 1.50 bits per heavy atom. The topological polar surface area (TPSA) is 29.1 Å². The third-order valence-corrected chi connectivity index (χ3v) is 6.89. The molecule has 2 nitrogen and oxygen atoms in total. The van der Waals surface area contributed by atoms with Gasteiger partial charge in [-0.1, -0.05) is 17.7 Å². The van der Waals surface area contributed by atoms with E-state index in [1.54, 1.807) is 0 Å². The first-order valence-corrected chi connectivity index (χ1v) is 12.6. The fourth-order valence-corrected chi connectivity index (χ4v) is 4.44. The number of halogens is 15. The molecule has 2 rings (SSSR count). The third-order valence-electron chi connectivity index (χ3n) is 5.24. The molecular formula is C24H16ClF14NOS. The summed E-state index contributed by atoms with van der Waals surface area (Å²) in [5.74, 6) is -10.3. The van der Waals surface area contributed by atoms with Gasteiger partial charge in [0.2, 0.25) is 0 Å². The highest BCUT2D eigenvalue weighted by Gasteiger charge is 2.43. The zero-order valence-electron chi connectivity index (χ0n) is 20.5. The Kier molecular flexibility index (Phi) is 10.9. The van der Waals surface area contributed by atoms with Crippen molar-refractivity contribution < 1.29 is 66.3 Å². The summed E-state index contributed by atoms with van der Waals surface area (Å²) < 4.78 is 187. The molecule has 2 unspecified atom stereocenters. The molecule has 2 atom stereocenters. The van der Waals surface area contributed by atoms with Crippen molar-refractivity contribution in [3.63, 3.8) is 0 Å². The Labute approximate surface area is 237 Å². The summed E-state index contributed by atoms with van der Waals surface area (Å²) in [5.41, 5.74) is -7.63. The molecule has 18 heteroatoms. The van der Waals surface area contributed by atoms with Gasteiger partial charge < -0.3 is 5.32 Å². The van der Waals surface area contributed by atoms with E-state index in [1.807, 2.05) is 5.32 Å². The van der Waals surface area contributed by atoms with Crippen molar-refractivity contribution in [2.75, 3.05) is 11.5 Å². The molecule has 1 amide bonds. The van der Waals surface area contributed by atoms with Crippen LogP contribution in [0.2, 0.25) is 5.02 Å². The van der Waals surface area contributed by atoms with E-state index in [1.165, 1.54) is 6.92 Å². The highest BCUT2D eigenvalue weighted by Crippen LogP contribution is 2.43.